The first-order chi connectivity index (χ1) is 14.3. The molecule has 0 spiro atoms. The summed E-state index contributed by atoms with van der Waals surface area (Å²) in [5.41, 5.74) is 2.06. The lowest BCUT2D eigenvalue weighted by Gasteiger charge is -2.26. The number of nitrogens with zero attached hydrogens (tertiary/aromatic N) is 1. The van der Waals surface area contributed by atoms with Crippen molar-refractivity contribution in [3.63, 3.8) is 0 Å². The number of benzene rings is 2. The van der Waals surface area contributed by atoms with E-state index in [4.69, 9.17) is 0 Å². The van der Waals surface area contributed by atoms with Crippen LogP contribution in [0.3, 0.4) is 0 Å². The summed E-state index contributed by atoms with van der Waals surface area (Å²) in [4.78, 5) is 25.5. The molecular formula is C21H23N3O4S2. The first kappa shape index (κ1) is 20.9. The predicted molar refractivity (Wildman–Crippen MR) is 118 cm³/mol. The lowest BCUT2D eigenvalue weighted by molar-refractivity contribution is -0.113. The van der Waals surface area contributed by atoms with Crippen LogP contribution in [0.1, 0.15) is 35.2 Å². The number of hydrogen-bond acceptors (Lipinski definition) is 5. The molecule has 0 saturated carbocycles. The third-order valence-corrected chi connectivity index (χ3v) is 8.37. The van der Waals surface area contributed by atoms with Crippen molar-refractivity contribution in [2.75, 3.05) is 29.5 Å². The highest BCUT2D eigenvalue weighted by atomic mass is 32.2. The maximum atomic E-state index is 13.1. The first-order valence-electron chi connectivity index (χ1n) is 9.83. The summed E-state index contributed by atoms with van der Waals surface area (Å²) in [6.45, 7) is 2.81. The molecule has 7 nitrogen and oxygen atoms in total. The molecule has 2 N–H and O–H groups in total. The van der Waals surface area contributed by atoms with Gasteiger partial charge >= 0.3 is 0 Å². The molecule has 0 aromatic heterocycles. The highest BCUT2D eigenvalue weighted by molar-refractivity contribution is 8.00. The number of aryl methyl sites for hydroxylation is 1. The van der Waals surface area contributed by atoms with Crippen LogP contribution >= 0.6 is 11.8 Å². The number of amides is 2. The molecular weight excluding hydrogens is 422 g/mol. The van der Waals surface area contributed by atoms with Crippen LogP contribution in [0.4, 0.5) is 11.4 Å². The fraction of sp³-hybridized carbons (Fsp3) is 0.333. The first-order valence-corrected chi connectivity index (χ1v) is 12.3. The number of fused-ring (bicyclic) bond motifs is 1. The van der Waals surface area contributed by atoms with Crippen LogP contribution in [-0.2, 0) is 14.8 Å². The number of carbonyl (C=O) groups excluding carboxylic acids is 2. The van der Waals surface area contributed by atoms with Crippen LogP contribution < -0.4 is 10.6 Å². The van der Waals surface area contributed by atoms with Crippen molar-refractivity contribution in [1.29, 1.82) is 0 Å². The Morgan fingerprint density at radius 3 is 2.63 bits per heavy atom. The highest BCUT2D eigenvalue weighted by Gasteiger charge is 2.27. The van der Waals surface area contributed by atoms with Gasteiger partial charge in [-0.1, -0.05) is 12.5 Å². The van der Waals surface area contributed by atoms with Gasteiger partial charge in [0.05, 0.1) is 16.3 Å². The maximum Gasteiger partial charge on any atom is 0.255 e. The molecule has 2 aromatic carbocycles. The van der Waals surface area contributed by atoms with Gasteiger partial charge in [0.1, 0.15) is 0 Å². The van der Waals surface area contributed by atoms with E-state index in [1.165, 1.54) is 22.1 Å². The molecule has 0 bridgehead atoms. The van der Waals surface area contributed by atoms with Gasteiger partial charge in [-0.3, -0.25) is 9.59 Å². The predicted octanol–water partition coefficient (Wildman–Crippen LogP) is 3.47. The van der Waals surface area contributed by atoms with Crippen LogP contribution in [0.25, 0.3) is 0 Å². The smallest absolute Gasteiger partial charge is 0.255 e. The van der Waals surface area contributed by atoms with Crippen molar-refractivity contribution in [2.45, 2.75) is 36.0 Å². The topological polar surface area (TPSA) is 95.6 Å². The molecule has 2 amide bonds. The quantitative estimate of drug-likeness (QED) is 0.751. The third-order valence-electron chi connectivity index (χ3n) is 5.25. The summed E-state index contributed by atoms with van der Waals surface area (Å²) in [6.07, 6.45) is 2.77. The van der Waals surface area contributed by atoms with Crippen LogP contribution in [-0.4, -0.2) is 43.4 Å². The third kappa shape index (κ3) is 4.23. The molecule has 158 valence electrons. The van der Waals surface area contributed by atoms with E-state index in [0.29, 0.717) is 41.3 Å². The number of piperidine rings is 1. The number of rotatable bonds is 4. The number of nitrogens with one attached hydrogen (secondary N) is 2. The normalized spacial score (nSPS) is 17.2. The molecule has 1 fully saturated rings. The Balaban J connectivity index is 1.57. The molecule has 9 heteroatoms. The SMILES string of the molecule is Cc1ccc(NC(=O)c2ccc3c(c2)NC(=O)CS3)cc1S(=O)(=O)N1CCCCC1. The Morgan fingerprint density at radius 1 is 1.10 bits per heavy atom. The van der Waals surface area contributed by atoms with E-state index in [1.54, 1.807) is 37.3 Å². The Bertz CT molecular complexity index is 1110. The van der Waals surface area contributed by atoms with Gasteiger partial charge in [-0.25, -0.2) is 8.42 Å². The largest absolute Gasteiger partial charge is 0.324 e. The molecule has 0 aliphatic carbocycles. The van der Waals surface area contributed by atoms with Crippen molar-refractivity contribution in [1.82, 2.24) is 4.31 Å². The fourth-order valence-electron chi connectivity index (χ4n) is 3.63. The standard InChI is InChI=1S/C21H23N3O4S2/c1-14-5-7-16(12-19(14)30(27,28)24-9-3-2-4-10-24)22-21(26)15-6-8-18-17(11-15)23-20(25)13-29-18/h5-8,11-12H,2-4,9-10,13H2,1H3,(H,22,26)(H,23,25). The van der Waals surface area contributed by atoms with Gasteiger partial charge in [-0.2, -0.15) is 4.31 Å². The summed E-state index contributed by atoms with van der Waals surface area (Å²) in [5.74, 6) is -0.111. The van der Waals surface area contributed by atoms with Crippen molar-refractivity contribution in [3.8, 4) is 0 Å². The molecule has 2 aromatic rings. The summed E-state index contributed by atoms with van der Waals surface area (Å²) in [7, 11) is -3.60. The van der Waals surface area contributed by atoms with Gasteiger partial charge < -0.3 is 10.6 Å². The van der Waals surface area contributed by atoms with E-state index in [1.807, 2.05) is 0 Å². The second-order valence-corrected chi connectivity index (χ2v) is 10.4. The Labute approximate surface area is 180 Å². The van der Waals surface area contributed by atoms with Gasteiger partial charge in [-0.15, -0.1) is 11.8 Å². The molecule has 4 rings (SSSR count). The minimum atomic E-state index is -3.60. The number of thioether (sulfide) groups is 1. The van der Waals surface area contributed by atoms with Gasteiger partial charge in [0.15, 0.2) is 0 Å². The minimum absolute atomic E-state index is 0.101. The second-order valence-electron chi connectivity index (χ2n) is 7.45. The van der Waals surface area contributed by atoms with Gasteiger partial charge in [0, 0.05) is 29.2 Å². The van der Waals surface area contributed by atoms with Gasteiger partial charge in [0.2, 0.25) is 15.9 Å². The fourth-order valence-corrected chi connectivity index (χ4v) is 6.18. The summed E-state index contributed by atoms with van der Waals surface area (Å²) in [5, 5.41) is 5.54. The van der Waals surface area contributed by atoms with E-state index >= 15 is 0 Å². The lowest BCUT2D eigenvalue weighted by atomic mass is 10.1. The van der Waals surface area contributed by atoms with E-state index in [9.17, 15) is 18.0 Å². The van der Waals surface area contributed by atoms with E-state index in [2.05, 4.69) is 10.6 Å². The van der Waals surface area contributed by atoms with Gasteiger partial charge in [0.25, 0.3) is 5.91 Å². The van der Waals surface area contributed by atoms with Crippen LogP contribution in [0.2, 0.25) is 0 Å². The summed E-state index contributed by atoms with van der Waals surface area (Å²) < 4.78 is 27.7. The van der Waals surface area contributed by atoms with Crippen LogP contribution in [0.15, 0.2) is 46.2 Å². The van der Waals surface area contributed by atoms with Crippen molar-refractivity contribution in [3.05, 3.63) is 47.5 Å². The molecule has 30 heavy (non-hydrogen) atoms. The number of anilines is 2. The zero-order chi connectivity index (χ0) is 21.3. The van der Waals surface area contributed by atoms with Gasteiger partial charge in [-0.05, 0) is 55.7 Å². The van der Waals surface area contributed by atoms with Crippen LogP contribution in [0.5, 0.6) is 0 Å². The average molecular weight is 446 g/mol. The molecule has 1 saturated heterocycles. The van der Waals surface area contributed by atoms with E-state index < -0.39 is 10.0 Å². The lowest BCUT2D eigenvalue weighted by Crippen LogP contribution is -2.36. The second kappa shape index (κ2) is 8.41. The monoisotopic (exact) mass is 445 g/mol. The molecule has 2 aliphatic heterocycles. The summed E-state index contributed by atoms with van der Waals surface area (Å²) in [6, 6.07) is 10.0. The van der Waals surface area contributed by atoms with Crippen molar-refractivity contribution in [2.24, 2.45) is 0 Å². The molecule has 2 heterocycles. The Morgan fingerprint density at radius 2 is 1.87 bits per heavy atom. The molecule has 0 unspecified atom stereocenters. The molecule has 2 aliphatic rings. The van der Waals surface area contributed by atoms with Crippen LogP contribution in [0, 0.1) is 6.92 Å². The minimum Gasteiger partial charge on any atom is -0.324 e. The van der Waals surface area contributed by atoms with E-state index in [-0.39, 0.29) is 16.7 Å². The number of sulfonamides is 1. The van der Waals surface area contributed by atoms with E-state index in [0.717, 1.165) is 24.2 Å². The molecule has 0 atom stereocenters. The Kier molecular flexibility index (Phi) is 5.86. The van der Waals surface area contributed by atoms with Crippen molar-refractivity contribution >= 4 is 45.0 Å². The zero-order valence-electron chi connectivity index (χ0n) is 16.6. The zero-order valence-corrected chi connectivity index (χ0v) is 18.2. The Hall–Kier alpha value is -2.36. The number of carbonyl (C=O) groups is 2. The highest BCUT2D eigenvalue weighted by Crippen LogP contribution is 2.32. The average Bonchev–Trinajstić information content (AvgIpc) is 2.75. The molecule has 0 radical (unpaired) electrons. The van der Waals surface area contributed by atoms with Crippen molar-refractivity contribution < 1.29 is 18.0 Å². The maximum absolute atomic E-state index is 13.1. The number of hydrogen-bond donors (Lipinski definition) is 2. The summed E-state index contributed by atoms with van der Waals surface area (Å²) >= 11 is 1.43.